The van der Waals surface area contributed by atoms with Crippen LogP contribution in [0.1, 0.15) is 28.9 Å². The first-order valence-electron chi connectivity index (χ1n) is 11.5. The van der Waals surface area contributed by atoms with Crippen molar-refractivity contribution in [1.82, 2.24) is 29.9 Å². The molecule has 0 atom stereocenters. The fourth-order valence-electron chi connectivity index (χ4n) is 4.43. The first kappa shape index (κ1) is 25.1. The first-order valence-corrected chi connectivity index (χ1v) is 11.5. The van der Waals surface area contributed by atoms with E-state index in [2.05, 4.69) is 35.4 Å². The summed E-state index contributed by atoms with van der Waals surface area (Å²) < 4.78 is 99.8. The number of aromatic nitrogens is 6. The second-order valence-electron chi connectivity index (χ2n) is 9.14. The lowest BCUT2D eigenvalue weighted by Gasteiger charge is -2.20. The quantitative estimate of drug-likeness (QED) is 0.319. The van der Waals surface area contributed by atoms with Crippen molar-refractivity contribution in [1.29, 1.82) is 0 Å². The molecular weight excluding hydrogens is 535 g/mol. The number of anilines is 1. The van der Waals surface area contributed by atoms with Gasteiger partial charge >= 0.3 is 17.8 Å². The first-order chi connectivity index (χ1) is 18.4. The number of hydrogen-bond donors (Lipinski definition) is 0. The Hall–Kier alpha value is -4.24. The van der Waals surface area contributed by atoms with Crippen LogP contribution in [0.2, 0.25) is 0 Å². The molecule has 0 unspecified atom stereocenters. The number of hydrogen-bond acceptors (Lipinski definition) is 8. The molecule has 1 fully saturated rings. The fourth-order valence-corrected chi connectivity index (χ4v) is 4.43. The lowest BCUT2D eigenvalue weighted by molar-refractivity contribution is -0.166. The van der Waals surface area contributed by atoms with Gasteiger partial charge < -0.3 is 4.90 Å². The van der Waals surface area contributed by atoms with Gasteiger partial charge in [0.15, 0.2) is 11.3 Å². The molecule has 9 nitrogen and oxygen atoms in total. The second kappa shape index (κ2) is 8.38. The van der Waals surface area contributed by atoms with E-state index in [1.807, 2.05) is 0 Å². The van der Waals surface area contributed by atoms with Gasteiger partial charge in [-0.15, -0.1) is 20.4 Å². The minimum atomic E-state index is -4.80. The summed E-state index contributed by atoms with van der Waals surface area (Å²) in [5, 5.41) is 14.7. The lowest BCUT2D eigenvalue weighted by Crippen LogP contribution is -2.31. The summed E-state index contributed by atoms with van der Waals surface area (Å²) in [5.74, 6) is -8.05. The van der Waals surface area contributed by atoms with Crippen LogP contribution in [0.3, 0.4) is 0 Å². The summed E-state index contributed by atoms with van der Waals surface area (Å²) in [5.41, 5.74) is -3.95. The van der Waals surface area contributed by atoms with Crippen LogP contribution in [0.15, 0.2) is 59.0 Å². The van der Waals surface area contributed by atoms with E-state index in [4.69, 9.17) is 0 Å². The van der Waals surface area contributed by atoms with E-state index >= 15 is 8.78 Å². The minimum absolute atomic E-state index is 0.0113. The van der Waals surface area contributed by atoms with Crippen molar-refractivity contribution >= 4 is 17.0 Å². The molecule has 5 heterocycles. The number of benzene rings is 1. The van der Waals surface area contributed by atoms with Crippen LogP contribution < -0.4 is 4.90 Å². The molecule has 0 radical (unpaired) electrons. The molecule has 4 aromatic rings. The number of rotatable bonds is 6. The van der Waals surface area contributed by atoms with Gasteiger partial charge in [-0.25, -0.2) is 18.7 Å². The Bertz CT molecular complexity index is 1580. The monoisotopic (exact) mass is 551 g/mol. The number of halogens is 7. The topological polar surface area (TPSA) is 97.3 Å². The molecular formula is C23H16F7N9. The zero-order valence-corrected chi connectivity index (χ0v) is 19.6. The van der Waals surface area contributed by atoms with Crippen molar-refractivity contribution in [2.24, 2.45) is 10.2 Å². The minimum Gasteiger partial charge on any atom is -0.348 e. The third kappa shape index (κ3) is 4.23. The highest BCUT2D eigenvalue weighted by atomic mass is 19.4. The molecule has 0 saturated carbocycles. The van der Waals surface area contributed by atoms with E-state index < -0.39 is 48.0 Å². The van der Waals surface area contributed by atoms with Crippen molar-refractivity contribution in [3.63, 3.8) is 0 Å². The molecule has 2 aliphatic heterocycles. The van der Waals surface area contributed by atoms with Crippen LogP contribution in [-0.4, -0.2) is 55.1 Å². The SMILES string of the molecule is FC1(F)CCN(c2nc(C(F)(F)c3ccccc3)nc3nn(Cc4cnccc4C4(C(F)(F)F)N=N4)nc23)C1. The molecule has 1 saturated heterocycles. The van der Waals surface area contributed by atoms with Gasteiger partial charge in [0.25, 0.3) is 5.92 Å². The number of alkyl halides is 7. The van der Waals surface area contributed by atoms with Crippen molar-refractivity contribution < 1.29 is 30.7 Å². The highest BCUT2D eigenvalue weighted by Gasteiger charge is 2.65. The molecule has 0 aliphatic carbocycles. The molecule has 3 aromatic heterocycles. The lowest BCUT2D eigenvalue weighted by atomic mass is 9.99. The average Bonchev–Trinajstić information content (AvgIpc) is 3.50. The fraction of sp³-hybridized carbons (Fsp3) is 0.348. The second-order valence-corrected chi connectivity index (χ2v) is 9.14. The largest absolute Gasteiger partial charge is 0.442 e. The number of nitrogens with zero attached hydrogens (tertiary/aromatic N) is 9. The van der Waals surface area contributed by atoms with E-state index in [1.54, 1.807) is 6.07 Å². The Morgan fingerprint density at radius 2 is 1.67 bits per heavy atom. The van der Waals surface area contributed by atoms with Crippen LogP contribution in [0, 0.1) is 0 Å². The summed E-state index contributed by atoms with van der Waals surface area (Å²) in [4.78, 5) is 13.7. The molecule has 202 valence electrons. The van der Waals surface area contributed by atoms with E-state index in [-0.39, 0.29) is 41.2 Å². The summed E-state index contributed by atoms with van der Waals surface area (Å²) in [6.45, 7) is -1.36. The third-order valence-electron chi connectivity index (χ3n) is 6.45. The van der Waals surface area contributed by atoms with Crippen LogP contribution >= 0.6 is 0 Å². The van der Waals surface area contributed by atoms with E-state index in [1.165, 1.54) is 24.3 Å². The molecule has 0 bridgehead atoms. The van der Waals surface area contributed by atoms with Gasteiger partial charge in [0.2, 0.25) is 11.5 Å². The summed E-state index contributed by atoms with van der Waals surface area (Å²) in [7, 11) is 0. The zero-order chi connectivity index (χ0) is 27.6. The van der Waals surface area contributed by atoms with Crippen LogP contribution in [0.25, 0.3) is 11.2 Å². The molecule has 0 N–H and O–H groups in total. The van der Waals surface area contributed by atoms with Crippen LogP contribution in [-0.2, 0) is 18.1 Å². The van der Waals surface area contributed by atoms with Gasteiger partial charge in [-0.05, 0) is 6.07 Å². The maximum atomic E-state index is 15.4. The smallest absolute Gasteiger partial charge is 0.348 e. The van der Waals surface area contributed by atoms with Crippen molar-refractivity contribution in [3.05, 3.63) is 71.3 Å². The highest BCUT2D eigenvalue weighted by molar-refractivity contribution is 5.83. The summed E-state index contributed by atoms with van der Waals surface area (Å²) >= 11 is 0. The highest BCUT2D eigenvalue weighted by Crippen LogP contribution is 2.53. The normalized spacial score (nSPS) is 18.2. The Kier molecular flexibility index (Phi) is 5.38. The van der Waals surface area contributed by atoms with Gasteiger partial charge in [-0.1, -0.05) is 30.3 Å². The molecule has 0 amide bonds. The van der Waals surface area contributed by atoms with E-state index in [0.717, 1.165) is 28.2 Å². The van der Waals surface area contributed by atoms with Crippen molar-refractivity contribution in [3.8, 4) is 0 Å². The Balaban J connectivity index is 1.44. The maximum Gasteiger partial charge on any atom is 0.442 e. The molecule has 2 aliphatic rings. The molecule has 1 aromatic carbocycles. The van der Waals surface area contributed by atoms with Gasteiger partial charge in [-0.2, -0.15) is 26.7 Å². The zero-order valence-electron chi connectivity index (χ0n) is 19.6. The number of fused-ring (bicyclic) bond motifs is 1. The van der Waals surface area contributed by atoms with E-state index in [9.17, 15) is 22.0 Å². The summed E-state index contributed by atoms with van der Waals surface area (Å²) in [6.07, 6.45) is -3.02. The number of pyridine rings is 1. The Morgan fingerprint density at radius 1 is 0.923 bits per heavy atom. The molecule has 16 heteroatoms. The van der Waals surface area contributed by atoms with Crippen LogP contribution in [0.4, 0.5) is 36.6 Å². The van der Waals surface area contributed by atoms with Crippen LogP contribution in [0.5, 0.6) is 0 Å². The van der Waals surface area contributed by atoms with Gasteiger partial charge in [0.1, 0.15) is 0 Å². The standard InChI is InChI=1S/C23H16F7N9/c24-20(25)7-9-38(12-20)18-16-17(32-19(33-18)21(26,27)14-4-2-1-3-5-14)35-39(34-16)11-13-10-31-8-6-15(13)22(36-37-22)23(28,29)30/h1-6,8,10H,7,9,11-12H2. The molecule has 6 rings (SSSR count). The van der Waals surface area contributed by atoms with Crippen molar-refractivity contribution in [2.45, 2.75) is 36.6 Å². The predicted molar refractivity (Wildman–Crippen MR) is 120 cm³/mol. The van der Waals surface area contributed by atoms with Gasteiger partial charge in [0.05, 0.1) is 13.1 Å². The third-order valence-corrected chi connectivity index (χ3v) is 6.45. The summed E-state index contributed by atoms with van der Waals surface area (Å²) in [6, 6.07) is 7.80. The van der Waals surface area contributed by atoms with Gasteiger partial charge in [0, 0.05) is 42.0 Å². The Morgan fingerprint density at radius 3 is 2.31 bits per heavy atom. The molecule has 39 heavy (non-hydrogen) atoms. The van der Waals surface area contributed by atoms with Crippen molar-refractivity contribution in [2.75, 3.05) is 18.0 Å². The Labute approximate surface area is 214 Å². The van der Waals surface area contributed by atoms with E-state index in [0.29, 0.717) is 0 Å². The average molecular weight is 551 g/mol. The van der Waals surface area contributed by atoms with Gasteiger partial charge in [-0.3, -0.25) is 4.98 Å². The molecule has 0 spiro atoms. The predicted octanol–water partition coefficient (Wildman–Crippen LogP) is 4.83. The maximum absolute atomic E-state index is 15.4.